The molecule has 4 unspecified atom stereocenters. The Morgan fingerprint density at radius 1 is 1.00 bits per heavy atom. The van der Waals surface area contributed by atoms with Crippen molar-refractivity contribution in [2.75, 3.05) is 0 Å². The minimum absolute atomic E-state index is 0.188. The van der Waals surface area contributed by atoms with Crippen LogP contribution in [-0.2, 0) is 0 Å². The molecule has 0 radical (unpaired) electrons. The molecule has 5 rings (SSSR count). The molecule has 2 heteroatoms. The van der Waals surface area contributed by atoms with Crippen LogP contribution in [0.25, 0.3) is 0 Å². The van der Waals surface area contributed by atoms with Crippen molar-refractivity contribution in [3.05, 3.63) is 0 Å². The first kappa shape index (κ1) is 5.28. The highest BCUT2D eigenvalue weighted by atomic mass is 15.3. The van der Waals surface area contributed by atoms with E-state index in [0.717, 1.165) is 29.6 Å². The van der Waals surface area contributed by atoms with E-state index in [2.05, 4.69) is 24.1 Å². The molecule has 2 nitrogen and oxygen atoms in total. The smallest absolute Gasteiger partial charge is 0.0812 e. The molecular weight excluding hydrogens is 136 g/mol. The van der Waals surface area contributed by atoms with Gasteiger partial charge in [-0.2, -0.15) is 10.2 Å². The average molecular weight is 148 g/mol. The van der Waals surface area contributed by atoms with Gasteiger partial charge in [-0.15, -0.1) is 0 Å². The summed E-state index contributed by atoms with van der Waals surface area (Å²) < 4.78 is 0. The predicted octanol–water partition coefficient (Wildman–Crippen LogP) is 1.72. The van der Waals surface area contributed by atoms with E-state index in [9.17, 15) is 0 Å². The van der Waals surface area contributed by atoms with Crippen LogP contribution in [0.2, 0.25) is 0 Å². The maximum Gasteiger partial charge on any atom is 0.0812 e. The molecular formula is C9H12N2. The molecule has 1 heterocycles. The number of rotatable bonds is 0. The van der Waals surface area contributed by atoms with E-state index in [0.29, 0.717) is 6.04 Å². The first-order chi connectivity index (χ1) is 5.22. The predicted molar refractivity (Wildman–Crippen MR) is 40.2 cm³/mol. The van der Waals surface area contributed by atoms with Crippen LogP contribution in [0.3, 0.4) is 0 Å². The normalized spacial score (nSPS) is 71.1. The topological polar surface area (TPSA) is 24.7 Å². The molecule has 2 bridgehead atoms. The number of azo groups is 1. The van der Waals surface area contributed by atoms with Crippen LogP contribution >= 0.6 is 0 Å². The van der Waals surface area contributed by atoms with Gasteiger partial charge in [-0.3, -0.25) is 0 Å². The zero-order valence-corrected chi connectivity index (χ0v) is 6.86. The van der Waals surface area contributed by atoms with Crippen molar-refractivity contribution in [1.29, 1.82) is 0 Å². The Morgan fingerprint density at radius 3 is 2.36 bits per heavy atom. The monoisotopic (exact) mass is 148 g/mol. The molecule has 4 aliphatic carbocycles. The van der Waals surface area contributed by atoms with Crippen molar-refractivity contribution in [2.45, 2.75) is 25.4 Å². The number of nitrogens with zero attached hydrogens (tertiary/aromatic N) is 2. The average Bonchev–Trinajstić information content (AvgIpc) is 2.69. The highest BCUT2D eigenvalue weighted by Gasteiger charge is 2.87. The van der Waals surface area contributed by atoms with Crippen molar-refractivity contribution >= 4 is 0 Å². The third kappa shape index (κ3) is 0.354. The lowest BCUT2D eigenvalue weighted by Crippen LogP contribution is -2.29. The Morgan fingerprint density at radius 2 is 1.73 bits per heavy atom. The molecule has 0 amide bonds. The van der Waals surface area contributed by atoms with E-state index >= 15 is 0 Å². The van der Waals surface area contributed by atoms with E-state index in [1.165, 1.54) is 0 Å². The second-order valence-electron chi connectivity index (χ2n) is 5.19. The standard InChI is InChI=1S/C9H12N2/c1-9(2)7-5-3-4(5)6(3)8(7)10-11-9/h3-8H,1-2H3. The second-order valence-corrected chi connectivity index (χ2v) is 5.19. The molecule has 0 aromatic heterocycles. The molecule has 0 saturated heterocycles. The maximum atomic E-state index is 4.42. The van der Waals surface area contributed by atoms with Crippen LogP contribution in [0.4, 0.5) is 0 Å². The van der Waals surface area contributed by atoms with Crippen molar-refractivity contribution in [3.63, 3.8) is 0 Å². The van der Waals surface area contributed by atoms with E-state index in [4.69, 9.17) is 0 Å². The van der Waals surface area contributed by atoms with E-state index in [-0.39, 0.29) is 5.54 Å². The van der Waals surface area contributed by atoms with Gasteiger partial charge in [0.2, 0.25) is 0 Å². The molecule has 4 saturated carbocycles. The molecule has 11 heavy (non-hydrogen) atoms. The van der Waals surface area contributed by atoms with Gasteiger partial charge in [0.1, 0.15) is 0 Å². The second kappa shape index (κ2) is 1.08. The van der Waals surface area contributed by atoms with Gasteiger partial charge in [0, 0.05) is 5.92 Å². The fourth-order valence-corrected chi connectivity index (χ4v) is 3.86. The van der Waals surface area contributed by atoms with Crippen molar-refractivity contribution < 1.29 is 0 Å². The zero-order chi connectivity index (χ0) is 7.38. The molecule has 0 aromatic rings. The molecule has 5 aliphatic rings. The van der Waals surface area contributed by atoms with E-state index in [1.807, 2.05) is 0 Å². The Bertz CT molecular complexity index is 271. The van der Waals surface area contributed by atoms with Crippen LogP contribution in [-0.4, -0.2) is 11.6 Å². The molecule has 0 aromatic carbocycles. The van der Waals surface area contributed by atoms with Crippen LogP contribution in [0, 0.1) is 29.6 Å². The van der Waals surface area contributed by atoms with E-state index < -0.39 is 0 Å². The van der Waals surface area contributed by atoms with Gasteiger partial charge in [-0.05, 0) is 37.5 Å². The first-order valence-electron chi connectivity index (χ1n) is 4.64. The number of hydrogen-bond donors (Lipinski definition) is 0. The lowest BCUT2D eigenvalue weighted by molar-refractivity contribution is 0.331. The Hall–Kier alpha value is -0.400. The highest BCUT2D eigenvalue weighted by Crippen LogP contribution is 2.86. The molecule has 0 spiro atoms. The molecule has 4 fully saturated rings. The largest absolute Gasteiger partial charge is 0.190 e. The fraction of sp³-hybridized carbons (Fsp3) is 1.00. The lowest BCUT2D eigenvalue weighted by Gasteiger charge is -2.21. The van der Waals surface area contributed by atoms with Crippen LogP contribution in [0.15, 0.2) is 10.2 Å². The summed E-state index contributed by atoms with van der Waals surface area (Å²) >= 11 is 0. The summed E-state index contributed by atoms with van der Waals surface area (Å²) in [7, 11) is 0. The summed E-state index contributed by atoms with van der Waals surface area (Å²) in [6.07, 6.45) is 0. The maximum absolute atomic E-state index is 4.42. The molecule has 4 atom stereocenters. The van der Waals surface area contributed by atoms with Gasteiger partial charge in [0.05, 0.1) is 11.6 Å². The summed E-state index contributed by atoms with van der Waals surface area (Å²) in [5, 5.41) is 8.79. The molecule has 0 N–H and O–H groups in total. The minimum Gasteiger partial charge on any atom is -0.190 e. The van der Waals surface area contributed by atoms with Crippen molar-refractivity contribution in [3.8, 4) is 0 Å². The van der Waals surface area contributed by atoms with Crippen molar-refractivity contribution in [2.24, 2.45) is 39.8 Å². The minimum atomic E-state index is 0.188. The quantitative estimate of drug-likeness (QED) is 0.499. The van der Waals surface area contributed by atoms with Gasteiger partial charge in [0.15, 0.2) is 0 Å². The summed E-state index contributed by atoms with van der Waals surface area (Å²) in [6, 6.07) is 0.657. The third-order valence-corrected chi connectivity index (χ3v) is 4.38. The van der Waals surface area contributed by atoms with Crippen LogP contribution in [0.5, 0.6) is 0 Å². The number of hydrogen-bond acceptors (Lipinski definition) is 2. The SMILES string of the molecule is CC1(C)N=NC2C3C4C3C4C21. The third-order valence-electron chi connectivity index (χ3n) is 4.38. The highest BCUT2D eigenvalue weighted by molar-refractivity contribution is 5.35. The lowest BCUT2D eigenvalue weighted by atomic mass is 9.85. The van der Waals surface area contributed by atoms with Gasteiger partial charge >= 0.3 is 0 Å². The van der Waals surface area contributed by atoms with Crippen LogP contribution < -0.4 is 0 Å². The summed E-state index contributed by atoms with van der Waals surface area (Å²) in [4.78, 5) is 0. The van der Waals surface area contributed by atoms with Gasteiger partial charge in [0.25, 0.3) is 0 Å². The van der Waals surface area contributed by atoms with Crippen molar-refractivity contribution in [1.82, 2.24) is 0 Å². The summed E-state index contributed by atoms with van der Waals surface area (Å²) in [6.45, 7) is 4.50. The Balaban J connectivity index is 1.86. The van der Waals surface area contributed by atoms with Crippen LogP contribution in [0.1, 0.15) is 13.8 Å². The zero-order valence-electron chi connectivity index (χ0n) is 6.86. The van der Waals surface area contributed by atoms with E-state index in [1.54, 1.807) is 0 Å². The summed E-state index contributed by atoms with van der Waals surface area (Å²) in [5.74, 6) is 5.11. The molecule has 58 valence electrons. The Labute approximate surface area is 66.1 Å². The van der Waals surface area contributed by atoms with Gasteiger partial charge < -0.3 is 0 Å². The molecule has 1 aliphatic heterocycles. The fourth-order valence-electron chi connectivity index (χ4n) is 3.86. The van der Waals surface area contributed by atoms with Gasteiger partial charge in [-0.25, -0.2) is 0 Å². The Kier molecular flexibility index (Phi) is 0.520. The van der Waals surface area contributed by atoms with Gasteiger partial charge in [-0.1, -0.05) is 0 Å². The summed E-state index contributed by atoms with van der Waals surface area (Å²) in [5.41, 5.74) is 0.188. The first-order valence-corrected chi connectivity index (χ1v) is 4.64.